The fourth-order valence-corrected chi connectivity index (χ4v) is 1.33. The van der Waals surface area contributed by atoms with Gasteiger partial charge in [0.05, 0.1) is 11.1 Å². The van der Waals surface area contributed by atoms with Gasteiger partial charge in [0.15, 0.2) is 12.6 Å². The van der Waals surface area contributed by atoms with Crippen LogP contribution < -0.4 is 9.47 Å². The van der Waals surface area contributed by atoms with Crippen LogP contribution in [-0.4, -0.2) is 24.5 Å². The van der Waals surface area contributed by atoms with Crippen LogP contribution in [-0.2, 0) is 9.59 Å². The number of rotatable bonds is 6. The van der Waals surface area contributed by atoms with E-state index in [1.807, 2.05) is 0 Å². The van der Waals surface area contributed by atoms with Crippen LogP contribution in [0.5, 0.6) is 11.5 Å². The Labute approximate surface area is 127 Å². The summed E-state index contributed by atoms with van der Waals surface area (Å²) in [7, 11) is 0. The summed E-state index contributed by atoms with van der Waals surface area (Å²) >= 11 is 0. The third-order valence-electron chi connectivity index (χ3n) is 2.50. The van der Waals surface area contributed by atoms with E-state index in [0.717, 1.165) is 12.1 Å². The molecule has 0 saturated heterocycles. The average Bonchev–Trinajstić information content (AvgIpc) is 2.47. The minimum atomic E-state index is -0.744. The molecule has 6 nitrogen and oxygen atoms in total. The minimum Gasteiger partial charge on any atom is -0.422 e. The van der Waals surface area contributed by atoms with Gasteiger partial charge in [-0.1, -0.05) is 13.2 Å². The van der Waals surface area contributed by atoms with Crippen molar-refractivity contribution in [2.45, 2.75) is 13.8 Å². The maximum absolute atomic E-state index is 11.5. The molecule has 0 aliphatic rings. The van der Waals surface area contributed by atoms with Crippen molar-refractivity contribution in [2.75, 3.05) is 0 Å². The summed E-state index contributed by atoms with van der Waals surface area (Å²) < 4.78 is 9.92. The Kier molecular flexibility index (Phi) is 5.51. The highest BCUT2D eigenvalue weighted by Crippen LogP contribution is 2.28. The topological polar surface area (TPSA) is 86.7 Å². The molecule has 0 heterocycles. The van der Waals surface area contributed by atoms with Crippen LogP contribution in [0.3, 0.4) is 0 Å². The molecular formula is C16H14O6. The first-order chi connectivity index (χ1) is 10.3. The molecule has 0 N–H and O–H groups in total. The lowest BCUT2D eigenvalue weighted by atomic mass is 10.1. The SMILES string of the molecule is C=C(C)C(=O)Oc1cc(C=O)c(OC(=O)C(=C)C)cc1C=O. The Morgan fingerprint density at radius 2 is 1.18 bits per heavy atom. The molecule has 22 heavy (non-hydrogen) atoms. The highest BCUT2D eigenvalue weighted by molar-refractivity contribution is 5.94. The van der Waals surface area contributed by atoms with Crippen molar-refractivity contribution in [3.8, 4) is 11.5 Å². The van der Waals surface area contributed by atoms with Crippen molar-refractivity contribution in [1.29, 1.82) is 0 Å². The second-order valence-electron chi connectivity index (χ2n) is 4.50. The second-order valence-corrected chi connectivity index (χ2v) is 4.50. The fraction of sp³-hybridized carbons (Fsp3) is 0.125. The summed E-state index contributed by atoms with van der Waals surface area (Å²) in [5, 5.41) is 0. The highest BCUT2D eigenvalue weighted by atomic mass is 16.5. The van der Waals surface area contributed by atoms with Gasteiger partial charge in [0.2, 0.25) is 0 Å². The molecule has 114 valence electrons. The Bertz CT molecular complexity index is 624. The first-order valence-electron chi connectivity index (χ1n) is 6.14. The highest BCUT2D eigenvalue weighted by Gasteiger charge is 2.17. The van der Waals surface area contributed by atoms with E-state index < -0.39 is 11.9 Å². The van der Waals surface area contributed by atoms with Crippen LogP contribution in [0.15, 0.2) is 36.4 Å². The monoisotopic (exact) mass is 302 g/mol. The molecule has 0 aliphatic heterocycles. The minimum absolute atomic E-state index is 0.0512. The molecule has 0 unspecified atom stereocenters. The Hall–Kier alpha value is -3.02. The summed E-state index contributed by atoms with van der Waals surface area (Å²) in [5.41, 5.74) is 0.152. The quantitative estimate of drug-likeness (QED) is 0.347. The number of ether oxygens (including phenoxy) is 2. The lowest BCUT2D eigenvalue weighted by Gasteiger charge is -2.11. The molecule has 1 aromatic carbocycles. The zero-order valence-electron chi connectivity index (χ0n) is 12.2. The lowest BCUT2D eigenvalue weighted by Crippen LogP contribution is -2.12. The van der Waals surface area contributed by atoms with E-state index in [4.69, 9.17) is 9.47 Å². The Balaban J connectivity index is 3.28. The molecule has 0 amide bonds. The van der Waals surface area contributed by atoms with E-state index in [-0.39, 0.29) is 33.8 Å². The summed E-state index contributed by atoms with van der Waals surface area (Å²) in [5.74, 6) is -1.74. The molecular weight excluding hydrogens is 288 g/mol. The van der Waals surface area contributed by atoms with E-state index in [0.29, 0.717) is 12.6 Å². The van der Waals surface area contributed by atoms with E-state index in [1.165, 1.54) is 13.8 Å². The smallest absolute Gasteiger partial charge is 0.338 e. The number of carbonyl (C=O) groups excluding carboxylic acids is 4. The predicted molar refractivity (Wildman–Crippen MR) is 78.1 cm³/mol. The molecule has 0 bridgehead atoms. The molecule has 6 heteroatoms. The van der Waals surface area contributed by atoms with Crippen molar-refractivity contribution < 1.29 is 28.7 Å². The number of hydrogen-bond acceptors (Lipinski definition) is 6. The summed E-state index contributed by atoms with van der Waals surface area (Å²) in [6, 6.07) is 2.28. The van der Waals surface area contributed by atoms with E-state index in [2.05, 4.69) is 13.2 Å². The maximum Gasteiger partial charge on any atom is 0.338 e. The molecule has 1 rings (SSSR count). The van der Waals surface area contributed by atoms with Crippen molar-refractivity contribution in [2.24, 2.45) is 0 Å². The standard InChI is InChI=1S/C16H14O6/c1-9(2)15(19)21-13-5-12(8-18)14(6-11(13)7-17)22-16(20)10(3)4/h5-8H,1,3H2,2,4H3. The number of carbonyl (C=O) groups is 4. The van der Waals surface area contributed by atoms with Crippen LogP contribution in [0.4, 0.5) is 0 Å². The van der Waals surface area contributed by atoms with Crippen molar-refractivity contribution in [3.63, 3.8) is 0 Å². The number of esters is 2. The number of benzene rings is 1. The summed E-state index contributed by atoms with van der Waals surface area (Å²) in [6.45, 7) is 9.70. The van der Waals surface area contributed by atoms with Crippen molar-refractivity contribution >= 4 is 24.5 Å². The maximum atomic E-state index is 11.5. The van der Waals surface area contributed by atoms with Gasteiger partial charge in [-0.25, -0.2) is 9.59 Å². The van der Waals surface area contributed by atoms with Gasteiger partial charge in [0, 0.05) is 11.1 Å². The van der Waals surface area contributed by atoms with Crippen LogP contribution in [0.25, 0.3) is 0 Å². The van der Waals surface area contributed by atoms with Gasteiger partial charge in [0.25, 0.3) is 0 Å². The average molecular weight is 302 g/mol. The molecule has 0 saturated carbocycles. The molecule has 0 aromatic heterocycles. The van der Waals surface area contributed by atoms with Gasteiger partial charge in [-0.2, -0.15) is 0 Å². The van der Waals surface area contributed by atoms with Crippen LogP contribution in [0.2, 0.25) is 0 Å². The summed E-state index contributed by atoms with van der Waals surface area (Å²) in [6.07, 6.45) is 0.821. The number of hydrogen-bond donors (Lipinski definition) is 0. The normalized spacial score (nSPS) is 9.55. The van der Waals surface area contributed by atoms with Crippen molar-refractivity contribution in [3.05, 3.63) is 47.6 Å². The zero-order valence-corrected chi connectivity index (χ0v) is 12.2. The zero-order chi connectivity index (χ0) is 16.9. The van der Waals surface area contributed by atoms with Crippen LogP contribution in [0, 0.1) is 0 Å². The largest absolute Gasteiger partial charge is 0.422 e. The van der Waals surface area contributed by atoms with E-state index in [1.54, 1.807) is 0 Å². The first kappa shape index (κ1) is 17.0. The van der Waals surface area contributed by atoms with Crippen LogP contribution in [0.1, 0.15) is 34.6 Å². The summed E-state index contributed by atoms with van der Waals surface area (Å²) in [4.78, 5) is 45.2. The molecule has 0 radical (unpaired) electrons. The molecule has 0 aliphatic carbocycles. The second kappa shape index (κ2) is 7.12. The Morgan fingerprint density at radius 1 is 0.864 bits per heavy atom. The van der Waals surface area contributed by atoms with E-state index >= 15 is 0 Å². The van der Waals surface area contributed by atoms with Gasteiger partial charge in [-0.3, -0.25) is 9.59 Å². The van der Waals surface area contributed by atoms with Gasteiger partial charge in [0.1, 0.15) is 11.5 Å². The Morgan fingerprint density at radius 3 is 1.41 bits per heavy atom. The van der Waals surface area contributed by atoms with Gasteiger partial charge in [-0.15, -0.1) is 0 Å². The van der Waals surface area contributed by atoms with Gasteiger partial charge >= 0.3 is 11.9 Å². The van der Waals surface area contributed by atoms with Gasteiger partial charge < -0.3 is 9.47 Å². The van der Waals surface area contributed by atoms with Crippen molar-refractivity contribution in [1.82, 2.24) is 0 Å². The predicted octanol–water partition coefficient (Wildman–Crippen LogP) is 2.27. The third-order valence-corrected chi connectivity index (χ3v) is 2.50. The first-order valence-corrected chi connectivity index (χ1v) is 6.14. The number of aldehydes is 2. The third kappa shape index (κ3) is 3.99. The molecule has 1 aromatic rings. The fourth-order valence-electron chi connectivity index (χ4n) is 1.33. The lowest BCUT2D eigenvalue weighted by molar-refractivity contribution is -0.131. The van der Waals surface area contributed by atoms with Gasteiger partial charge in [-0.05, 0) is 26.0 Å². The molecule has 0 spiro atoms. The van der Waals surface area contributed by atoms with Crippen LogP contribution >= 0.6 is 0 Å². The molecule has 0 fully saturated rings. The van der Waals surface area contributed by atoms with E-state index in [9.17, 15) is 19.2 Å². The molecule has 0 atom stereocenters.